The third-order valence-electron chi connectivity index (χ3n) is 2.47. The van der Waals surface area contributed by atoms with E-state index < -0.39 is 16.3 Å². The van der Waals surface area contributed by atoms with Crippen LogP contribution in [0.1, 0.15) is 13.8 Å². The van der Waals surface area contributed by atoms with Crippen LogP contribution in [0.5, 0.6) is 0 Å². The van der Waals surface area contributed by atoms with Crippen molar-refractivity contribution in [2.45, 2.75) is 13.8 Å². The van der Waals surface area contributed by atoms with Gasteiger partial charge in [0, 0.05) is 23.3 Å². The first-order chi connectivity index (χ1) is 8.77. The van der Waals surface area contributed by atoms with E-state index in [2.05, 4.69) is 31.0 Å². The topological polar surface area (TPSA) is 94.4 Å². The maximum absolute atomic E-state index is 11.5. The normalized spacial score (nSPS) is 10.9. The van der Waals surface area contributed by atoms with Gasteiger partial charge in [-0.05, 0) is 29.8 Å². The summed E-state index contributed by atoms with van der Waals surface area (Å²) >= 11 is 3.12. The van der Waals surface area contributed by atoms with Gasteiger partial charge >= 0.3 is 11.7 Å². The van der Waals surface area contributed by atoms with Crippen LogP contribution in [0, 0.1) is 15.5 Å². The molecule has 0 spiro atoms. The van der Waals surface area contributed by atoms with Gasteiger partial charge < -0.3 is 10.1 Å². The van der Waals surface area contributed by atoms with Crippen molar-refractivity contribution < 1.29 is 14.5 Å². The standard InChI is InChI=1S/C11H14BrN3O4/c1-11(2,10(16)19-3)6-14-9-8(15(17)18)4-7(12)5-13-9/h4-5H,6H2,1-3H3,(H,13,14). The highest BCUT2D eigenvalue weighted by molar-refractivity contribution is 9.10. The molecule has 0 saturated heterocycles. The van der Waals surface area contributed by atoms with Crippen LogP contribution in [0.25, 0.3) is 0 Å². The van der Waals surface area contributed by atoms with Gasteiger partial charge in [-0.3, -0.25) is 14.9 Å². The zero-order valence-corrected chi connectivity index (χ0v) is 12.4. The number of methoxy groups -OCH3 is 1. The molecule has 1 aromatic rings. The Morgan fingerprint density at radius 1 is 1.63 bits per heavy atom. The van der Waals surface area contributed by atoms with Crippen molar-refractivity contribution >= 4 is 33.4 Å². The van der Waals surface area contributed by atoms with Gasteiger partial charge in [0.15, 0.2) is 0 Å². The maximum Gasteiger partial charge on any atom is 0.313 e. The molecule has 1 heterocycles. The molecule has 0 aliphatic heterocycles. The van der Waals surface area contributed by atoms with E-state index in [1.54, 1.807) is 13.8 Å². The summed E-state index contributed by atoms with van der Waals surface area (Å²) in [6.07, 6.45) is 1.44. The van der Waals surface area contributed by atoms with Crippen molar-refractivity contribution in [1.82, 2.24) is 4.98 Å². The molecule has 0 fully saturated rings. The van der Waals surface area contributed by atoms with E-state index in [4.69, 9.17) is 0 Å². The van der Waals surface area contributed by atoms with Gasteiger partial charge in [-0.15, -0.1) is 0 Å². The van der Waals surface area contributed by atoms with Crippen molar-refractivity contribution in [1.29, 1.82) is 0 Å². The zero-order chi connectivity index (χ0) is 14.6. The van der Waals surface area contributed by atoms with Crippen LogP contribution >= 0.6 is 15.9 Å². The Labute approximate surface area is 118 Å². The third-order valence-corrected chi connectivity index (χ3v) is 2.90. The number of esters is 1. The fourth-order valence-electron chi connectivity index (χ4n) is 1.36. The molecule has 0 radical (unpaired) electrons. The number of pyridine rings is 1. The number of aromatic nitrogens is 1. The van der Waals surface area contributed by atoms with Gasteiger partial charge in [0.25, 0.3) is 0 Å². The number of ether oxygens (including phenoxy) is 1. The molecule has 0 atom stereocenters. The molecule has 0 unspecified atom stereocenters. The number of rotatable bonds is 5. The van der Waals surface area contributed by atoms with Gasteiger partial charge in [-0.25, -0.2) is 4.98 Å². The van der Waals surface area contributed by atoms with E-state index in [1.807, 2.05) is 0 Å². The van der Waals surface area contributed by atoms with Gasteiger partial charge in [0.1, 0.15) is 0 Å². The lowest BCUT2D eigenvalue weighted by molar-refractivity contribution is -0.384. The number of hydrogen-bond acceptors (Lipinski definition) is 6. The van der Waals surface area contributed by atoms with E-state index in [9.17, 15) is 14.9 Å². The Bertz CT molecular complexity index is 505. The summed E-state index contributed by atoms with van der Waals surface area (Å²) in [5.41, 5.74) is -0.966. The number of nitrogens with zero attached hydrogens (tertiary/aromatic N) is 2. The number of carbonyl (C=O) groups excluding carboxylic acids is 1. The van der Waals surface area contributed by atoms with E-state index in [0.717, 1.165) is 0 Å². The van der Waals surface area contributed by atoms with Crippen LogP contribution in [0.3, 0.4) is 0 Å². The molecule has 1 aromatic heterocycles. The summed E-state index contributed by atoms with van der Waals surface area (Å²) in [6.45, 7) is 3.53. The average Bonchev–Trinajstić information content (AvgIpc) is 2.36. The van der Waals surface area contributed by atoms with Crippen LogP contribution in [0.2, 0.25) is 0 Å². The molecule has 0 bridgehead atoms. The Kier molecular flexibility index (Phi) is 4.82. The summed E-state index contributed by atoms with van der Waals surface area (Å²) < 4.78 is 5.17. The first kappa shape index (κ1) is 15.4. The third kappa shape index (κ3) is 3.88. The van der Waals surface area contributed by atoms with Crippen molar-refractivity contribution in [3.63, 3.8) is 0 Å². The number of hydrogen-bond donors (Lipinski definition) is 1. The number of anilines is 1. The van der Waals surface area contributed by atoms with Gasteiger partial charge in [0.05, 0.1) is 17.4 Å². The van der Waals surface area contributed by atoms with Crippen LogP contribution in [-0.4, -0.2) is 29.5 Å². The molecule has 0 amide bonds. The molecule has 7 nitrogen and oxygen atoms in total. The second kappa shape index (κ2) is 5.96. The first-order valence-electron chi connectivity index (χ1n) is 5.40. The summed E-state index contributed by atoms with van der Waals surface area (Å²) in [7, 11) is 1.30. The van der Waals surface area contributed by atoms with E-state index in [-0.39, 0.29) is 18.1 Å². The first-order valence-corrected chi connectivity index (χ1v) is 6.19. The molecule has 0 aliphatic carbocycles. The average molecular weight is 332 g/mol. The lowest BCUT2D eigenvalue weighted by atomic mass is 9.94. The van der Waals surface area contributed by atoms with Crippen molar-refractivity contribution in [2.75, 3.05) is 19.0 Å². The van der Waals surface area contributed by atoms with Gasteiger partial charge in [0.2, 0.25) is 5.82 Å². The number of halogens is 1. The highest BCUT2D eigenvalue weighted by Gasteiger charge is 2.29. The summed E-state index contributed by atoms with van der Waals surface area (Å²) in [4.78, 5) is 25.8. The molecule has 19 heavy (non-hydrogen) atoms. The van der Waals surface area contributed by atoms with Gasteiger partial charge in [-0.2, -0.15) is 0 Å². The van der Waals surface area contributed by atoms with E-state index >= 15 is 0 Å². The quantitative estimate of drug-likeness (QED) is 0.505. The fraction of sp³-hybridized carbons (Fsp3) is 0.455. The fourth-order valence-corrected chi connectivity index (χ4v) is 1.68. The van der Waals surface area contributed by atoms with E-state index in [0.29, 0.717) is 4.47 Å². The SMILES string of the molecule is COC(=O)C(C)(C)CNc1ncc(Br)cc1[N+](=O)[O-]. The Balaban J connectivity index is 2.89. The molecule has 8 heteroatoms. The van der Waals surface area contributed by atoms with Crippen LogP contribution in [0.4, 0.5) is 11.5 Å². The van der Waals surface area contributed by atoms with Crippen LogP contribution in [-0.2, 0) is 9.53 Å². The van der Waals surface area contributed by atoms with E-state index in [1.165, 1.54) is 19.4 Å². The number of carbonyl (C=O) groups is 1. The Morgan fingerprint density at radius 2 is 2.26 bits per heavy atom. The minimum absolute atomic E-state index is 0.116. The molecule has 104 valence electrons. The van der Waals surface area contributed by atoms with Crippen molar-refractivity contribution in [2.24, 2.45) is 5.41 Å². The maximum atomic E-state index is 11.5. The zero-order valence-electron chi connectivity index (χ0n) is 10.8. The summed E-state index contributed by atoms with van der Waals surface area (Å²) in [5.74, 6) is -0.287. The largest absolute Gasteiger partial charge is 0.469 e. The second-order valence-corrected chi connectivity index (χ2v) is 5.42. The highest BCUT2D eigenvalue weighted by Crippen LogP contribution is 2.27. The molecular formula is C11H14BrN3O4. The monoisotopic (exact) mass is 331 g/mol. The highest BCUT2D eigenvalue weighted by atomic mass is 79.9. The predicted octanol–water partition coefficient (Wildman–Crippen LogP) is 2.36. The molecule has 1 N–H and O–H groups in total. The summed E-state index contributed by atoms with van der Waals surface area (Å²) in [5, 5.41) is 13.7. The summed E-state index contributed by atoms with van der Waals surface area (Å²) in [6, 6.07) is 1.35. The number of nitro groups is 1. The van der Waals surface area contributed by atoms with Crippen molar-refractivity contribution in [3.05, 3.63) is 26.9 Å². The molecular weight excluding hydrogens is 318 g/mol. The minimum Gasteiger partial charge on any atom is -0.469 e. The van der Waals surface area contributed by atoms with Gasteiger partial charge in [-0.1, -0.05) is 0 Å². The molecule has 0 aliphatic rings. The molecule has 1 rings (SSSR count). The van der Waals surface area contributed by atoms with Crippen LogP contribution < -0.4 is 5.32 Å². The number of nitrogens with one attached hydrogen (secondary N) is 1. The molecule has 0 aromatic carbocycles. The second-order valence-electron chi connectivity index (χ2n) is 4.51. The minimum atomic E-state index is -0.808. The molecule has 0 saturated carbocycles. The lowest BCUT2D eigenvalue weighted by Crippen LogP contribution is -2.33. The Hall–Kier alpha value is -1.70. The smallest absolute Gasteiger partial charge is 0.313 e. The predicted molar refractivity (Wildman–Crippen MR) is 72.9 cm³/mol. The lowest BCUT2D eigenvalue weighted by Gasteiger charge is -2.21. The van der Waals surface area contributed by atoms with Crippen molar-refractivity contribution in [3.8, 4) is 0 Å². The Morgan fingerprint density at radius 3 is 2.79 bits per heavy atom. The van der Waals surface area contributed by atoms with Crippen LogP contribution in [0.15, 0.2) is 16.7 Å².